The van der Waals surface area contributed by atoms with Crippen molar-refractivity contribution in [1.29, 1.82) is 0 Å². The molecule has 0 aliphatic rings. The van der Waals surface area contributed by atoms with Crippen LogP contribution in [0.5, 0.6) is 11.5 Å². The number of methoxy groups -OCH3 is 2. The first-order chi connectivity index (χ1) is 14.7. The van der Waals surface area contributed by atoms with Crippen LogP contribution in [0.15, 0.2) is 47.0 Å². The number of ether oxygens (including phenoxy) is 2. The monoisotopic (exact) mass is 446 g/mol. The SMILES string of the molecule is COc1ccc(-c2noc(CN(C)C(=O)c3ccc(NS(C)(=O)=O)cc3)n2)c(OC)c1. The van der Waals surface area contributed by atoms with Crippen molar-refractivity contribution in [3.63, 3.8) is 0 Å². The van der Waals surface area contributed by atoms with Crippen LogP contribution >= 0.6 is 0 Å². The Labute approximate surface area is 179 Å². The fourth-order valence-corrected chi connectivity index (χ4v) is 3.37. The van der Waals surface area contributed by atoms with Gasteiger partial charge in [-0.05, 0) is 36.4 Å². The minimum atomic E-state index is -3.39. The fourth-order valence-electron chi connectivity index (χ4n) is 2.80. The van der Waals surface area contributed by atoms with Gasteiger partial charge in [0.2, 0.25) is 21.7 Å². The van der Waals surface area contributed by atoms with E-state index in [1.54, 1.807) is 32.4 Å². The predicted octanol–water partition coefficient (Wildman–Crippen LogP) is 2.40. The Morgan fingerprint density at radius 2 is 1.84 bits per heavy atom. The van der Waals surface area contributed by atoms with E-state index in [2.05, 4.69) is 14.9 Å². The van der Waals surface area contributed by atoms with Gasteiger partial charge in [0.25, 0.3) is 5.91 Å². The molecule has 11 heteroatoms. The predicted molar refractivity (Wildman–Crippen MR) is 114 cm³/mol. The quantitative estimate of drug-likeness (QED) is 0.559. The third-order valence-electron chi connectivity index (χ3n) is 4.27. The van der Waals surface area contributed by atoms with E-state index in [4.69, 9.17) is 14.0 Å². The highest BCUT2D eigenvalue weighted by Crippen LogP contribution is 2.31. The molecule has 1 aromatic heterocycles. The lowest BCUT2D eigenvalue weighted by Crippen LogP contribution is -2.26. The third kappa shape index (κ3) is 5.51. The molecule has 0 radical (unpaired) electrons. The van der Waals surface area contributed by atoms with E-state index < -0.39 is 10.0 Å². The number of benzene rings is 2. The van der Waals surface area contributed by atoms with Crippen molar-refractivity contribution in [2.24, 2.45) is 0 Å². The number of rotatable bonds is 8. The fraction of sp³-hybridized carbons (Fsp3) is 0.250. The second-order valence-corrected chi connectivity index (χ2v) is 8.44. The maximum absolute atomic E-state index is 12.7. The molecule has 3 aromatic rings. The van der Waals surface area contributed by atoms with E-state index >= 15 is 0 Å². The maximum Gasteiger partial charge on any atom is 0.254 e. The molecule has 0 bridgehead atoms. The molecule has 10 nitrogen and oxygen atoms in total. The number of anilines is 1. The Kier molecular flexibility index (Phi) is 6.44. The Morgan fingerprint density at radius 1 is 1.13 bits per heavy atom. The molecule has 0 unspecified atom stereocenters. The molecular weight excluding hydrogens is 424 g/mol. The number of carbonyl (C=O) groups is 1. The van der Waals surface area contributed by atoms with Gasteiger partial charge in [-0.1, -0.05) is 5.16 Å². The van der Waals surface area contributed by atoms with E-state index in [1.165, 1.54) is 36.3 Å². The average molecular weight is 446 g/mol. The number of nitrogens with zero attached hydrogens (tertiary/aromatic N) is 3. The lowest BCUT2D eigenvalue weighted by Gasteiger charge is -2.15. The van der Waals surface area contributed by atoms with Crippen molar-refractivity contribution in [2.75, 3.05) is 32.2 Å². The van der Waals surface area contributed by atoms with Gasteiger partial charge < -0.3 is 18.9 Å². The molecule has 0 spiro atoms. The summed E-state index contributed by atoms with van der Waals surface area (Å²) < 4.78 is 40.7. The van der Waals surface area contributed by atoms with E-state index in [-0.39, 0.29) is 18.3 Å². The number of hydrogen-bond donors (Lipinski definition) is 1. The first-order valence-electron chi connectivity index (χ1n) is 9.08. The Morgan fingerprint density at radius 3 is 2.45 bits per heavy atom. The van der Waals surface area contributed by atoms with Crippen molar-refractivity contribution in [3.05, 3.63) is 53.9 Å². The van der Waals surface area contributed by atoms with Crippen LogP contribution in [0.3, 0.4) is 0 Å². The van der Waals surface area contributed by atoms with Gasteiger partial charge in [-0.2, -0.15) is 4.98 Å². The van der Waals surface area contributed by atoms with Crippen molar-refractivity contribution in [1.82, 2.24) is 15.0 Å². The van der Waals surface area contributed by atoms with E-state index in [9.17, 15) is 13.2 Å². The number of sulfonamides is 1. The Hall–Kier alpha value is -3.60. The normalized spacial score (nSPS) is 11.1. The van der Waals surface area contributed by atoms with Crippen LogP contribution in [0.25, 0.3) is 11.4 Å². The highest BCUT2D eigenvalue weighted by atomic mass is 32.2. The van der Waals surface area contributed by atoms with Crippen molar-refractivity contribution < 1.29 is 27.2 Å². The van der Waals surface area contributed by atoms with E-state index in [0.717, 1.165) is 6.26 Å². The average Bonchev–Trinajstić information content (AvgIpc) is 3.20. The number of nitrogens with one attached hydrogen (secondary N) is 1. The minimum Gasteiger partial charge on any atom is -0.497 e. The highest BCUT2D eigenvalue weighted by Gasteiger charge is 2.18. The Bertz CT molecular complexity index is 1170. The van der Waals surface area contributed by atoms with E-state index in [0.29, 0.717) is 34.1 Å². The van der Waals surface area contributed by atoms with Crippen LogP contribution < -0.4 is 14.2 Å². The van der Waals surface area contributed by atoms with Crippen molar-refractivity contribution in [3.8, 4) is 22.9 Å². The molecule has 2 aromatic carbocycles. The number of aromatic nitrogens is 2. The van der Waals surface area contributed by atoms with Crippen LogP contribution in [0.1, 0.15) is 16.2 Å². The van der Waals surface area contributed by atoms with Crippen molar-refractivity contribution >= 4 is 21.6 Å². The smallest absolute Gasteiger partial charge is 0.254 e. The second-order valence-electron chi connectivity index (χ2n) is 6.69. The molecule has 0 saturated heterocycles. The summed E-state index contributed by atoms with van der Waals surface area (Å²) in [5, 5.41) is 3.97. The number of carbonyl (C=O) groups excluding carboxylic acids is 1. The first-order valence-corrected chi connectivity index (χ1v) is 11.0. The molecular formula is C20H22N4O6S. The van der Waals surface area contributed by atoms with Crippen LogP contribution in [-0.4, -0.2) is 56.9 Å². The molecule has 0 aliphatic carbocycles. The molecule has 31 heavy (non-hydrogen) atoms. The standard InChI is InChI=1S/C20H22N4O6S/c1-24(20(25)13-5-7-14(8-6-13)23-31(4,26)27)12-18-21-19(22-30-18)16-10-9-15(28-2)11-17(16)29-3/h5-11,23H,12H2,1-4H3. The lowest BCUT2D eigenvalue weighted by atomic mass is 10.2. The lowest BCUT2D eigenvalue weighted by molar-refractivity contribution is 0.0769. The molecule has 1 amide bonds. The van der Waals surface area contributed by atoms with Crippen LogP contribution in [0, 0.1) is 0 Å². The van der Waals surface area contributed by atoms with Gasteiger partial charge in [0.1, 0.15) is 11.5 Å². The minimum absolute atomic E-state index is 0.0909. The molecule has 3 rings (SSSR count). The zero-order valence-corrected chi connectivity index (χ0v) is 18.3. The summed E-state index contributed by atoms with van der Waals surface area (Å²) in [4.78, 5) is 18.4. The molecule has 164 valence electrons. The van der Waals surface area contributed by atoms with Gasteiger partial charge in [0.15, 0.2) is 0 Å². The summed E-state index contributed by atoms with van der Waals surface area (Å²) in [6.45, 7) is 0.0909. The summed E-state index contributed by atoms with van der Waals surface area (Å²) in [5.41, 5.74) is 1.39. The topological polar surface area (TPSA) is 124 Å². The summed E-state index contributed by atoms with van der Waals surface area (Å²) in [7, 11) is 1.30. The molecule has 0 atom stereocenters. The van der Waals surface area contributed by atoms with Gasteiger partial charge in [-0.25, -0.2) is 8.42 Å². The highest BCUT2D eigenvalue weighted by molar-refractivity contribution is 7.92. The summed E-state index contributed by atoms with van der Waals surface area (Å²) in [6, 6.07) is 11.3. The molecule has 0 fully saturated rings. The van der Waals surface area contributed by atoms with Crippen LogP contribution in [0.4, 0.5) is 5.69 Å². The first kappa shape index (κ1) is 22.1. The Balaban J connectivity index is 1.71. The molecule has 0 aliphatic heterocycles. The maximum atomic E-state index is 12.7. The van der Waals surface area contributed by atoms with Crippen LogP contribution in [-0.2, 0) is 16.6 Å². The summed E-state index contributed by atoms with van der Waals surface area (Å²) in [6.07, 6.45) is 1.06. The van der Waals surface area contributed by atoms with E-state index in [1.807, 2.05) is 0 Å². The van der Waals surface area contributed by atoms with Crippen LogP contribution in [0.2, 0.25) is 0 Å². The molecule has 1 N–H and O–H groups in total. The van der Waals surface area contributed by atoms with Gasteiger partial charge in [-0.3, -0.25) is 9.52 Å². The van der Waals surface area contributed by atoms with Gasteiger partial charge >= 0.3 is 0 Å². The third-order valence-corrected chi connectivity index (χ3v) is 4.88. The number of hydrogen-bond acceptors (Lipinski definition) is 8. The zero-order valence-electron chi connectivity index (χ0n) is 17.4. The number of amides is 1. The second kappa shape index (κ2) is 9.04. The summed E-state index contributed by atoms with van der Waals surface area (Å²) >= 11 is 0. The largest absolute Gasteiger partial charge is 0.497 e. The summed E-state index contributed by atoms with van der Waals surface area (Å²) in [5.74, 6) is 1.45. The van der Waals surface area contributed by atoms with Gasteiger partial charge in [-0.15, -0.1) is 0 Å². The molecule has 0 saturated carbocycles. The van der Waals surface area contributed by atoms with Gasteiger partial charge in [0.05, 0.1) is 32.6 Å². The van der Waals surface area contributed by atoms with Crippen molar-refractivity contribution in [2.45, 2.75) is 6.54 Å². The van der Waals surface area contributed by atoms with Gasteiger partial charge in [0, 0.05) is 24.4 Å². The zero-order chi connectivity index (χ0) is 22.6. The molecule has 1 heterocycles.